The molecule has 1 aromatic rings. The van der Waals surface area contributed by atoms with Gasteiger partial charge in [-0.15, -0.1) is 0 Å². The maximum Gasteiger partial charge on any atom is 0.223 e. The van der Waals surface area contributed by atoms with Gasteiger partial charge in [0.05, 0.1) is 12.1 Å². The van der Waals surface area contributed by atoms with Gasteiger partial charge in [0.1, 0.15) is 0 Å². The summed E-state index contributed by atoms with van der Waals surface area (Å²) < 4.78 is 0. The van der Waals surface area contributed by atoms with Gasteiger partial charge in [-0.25, -0.2) is 0 Å². The zero-order chi connectivity index (χ0) is 13.7. The molecule has 3 nitrogen and oxygen atoms in total. The summed E-state index contributed by atoms with van der Waals surface area (Å²) in [6, 6.07) is 9.23. The van der Waals surface area contributed by atoms with E-state index in [9.17, 15) is 9.90 Å². The molecule has 0 aromatic heterocycles. The Labute approximate surface area is 115 Å². The number of aliphatic hydroxyl groups is 1. The van der Waals surface area contributed by atoms with E-state index in [1.54, 1.807) is 0 Å². The molecule has 2 atom stereocenters. The lowest BCUT2D eigenvalue weighted by molar-refractivity contribution is -0.127. The maximum atomic E-state index is 12.1. The van der Waals surface area contributed by atoms with E-state index in [1.807, 2.05) is 37.3 Å². The minimum Gasteiger partial charge on any atom is -0.386 e. The highest BCUT2D eigenvalue weighted by Gasteiger charge is 2.24. The molecule has 1 amide bonds. The predicted molar refractivity (Wildman–Crippen MR) is 75.6 cm³/mol. The molecule has 1 aliphatic carbocycles. The molecule has 19 heavy (non-hydrogen) atoms. The summed E-state index contributed by atoms with van der Waals surface area (Å²) >= 11 is 0. The summed E-state index contributed by atoms with van der Waals surface area (Å²) in [7, 11) is 0. The van der Waals surface area contributed by atoms with Crippen molar-refractivity contribution in [1.82, 2.24) is 5.32 Å². The number of carbonyl (C=O) groups excluding carboxylic acids is 1. The van der Waals surface area contributed by atoms with Crippen molar-refractivity contribution >= 4 is 5.91 Å². The van der Waals surface area contributed by atoms with Crippen LogP contribution in [0.5, 0.6) is 0 Å². The summed E-state index contributed by atoms with van der Waals surface area (Å²) in [5.74, 6) is 0.237. The third-order valence-corrected chi connectivity index (χ3v) is 3.96. The quantitative estimate of drug-likeness (QED) is 0.875. The topological polar surface area (TPSA) is 49.3 Å². The molecule has 0 radical (unpaired) electrons. The van der Waals surface area contributed by atoms with Crippen LogP contribution < -0.4 is 5.32 Å². The molecule has 2 unspecified atom stereocenters. The third-order valence-electron chi connectivity index (χ3n) is 3.96. The summed E-state index contributed by atoms with van der Waals surface area (Å²) in [5, 5.41) is 13.2. The van der Waals surface area contributed by atoms with Gasteiger partial charge in [0, 0.05) is 5.92 Å². The van der Waals surface area contributed by atoms with Crippen LogP contribution in [0.1, 0.15) is 50.7 Å². The Bertz CT molecular complexity index is 398. The van der Waals surface area contributed by atoms with Crippen molar-refractivity contribution in [3.8, 4) is 0 Å². The highest BCUT2D eigenvalue weighted by atomic mass is 16.3. The summed E-state index contributed by atoms with van der Waals surface area (Å²) in [6.07, 6.45) is 4.86. The second-order valence-corrected chi connectivity index (χ2v) is 5.49. The first-order chi connectivity index (χ1) is 9.18. The highest BCUT2D eigenvalue weighted by Crippen LogP contribution is 2.24. The van der Waals surface area contributed by atoms with Gasteiger partial charge in [0.15, 0.2) is 0 Å². The Morgan fingerprint density at radius 2 is 1.84 bits per heavy atom. The summed E-state index contributed by atoms with van der Waals surface area (Å²) in [5.41, 5.74) is 0.846. The summed E-state index contributed by atoms with van der Waals surface area (Å²) in [6.45, 7) is 1.86. The van der Waals surface area contributed by atoms with Crippen molar-refractivity contribution < 1.29 is 9.90 Å². The van der Waals surface area contributed by atoms with Crippen molar-refractivity contribution in [2.75, 3.05) is 0 Å². The second kappa shape index (κ2) is 6.71. The number of rotatable bonds is 4. The molecule has 2 rings (SSSR count). The van der Waals surface area contributed by atoms with E-state index in [0.29, 0.717) is 0 Å². The fraction of sp³-hybridized carbons (Fsp3) is 0.562. The monoisotopic (exact) mass is 261 g/mol. The number of hydrogen-bond donors (Lipinski definition) is 2. The summed E-state index contributed by atoms with van der Waals surface area (Å²) in [4.78, 5) is 12.1. The molecule has 1 aliphatic rings. The van der Waals surface area contributed by atoms with Gasteiger partial charge in [0.25, 0.3) is 0 Å². The number of aliphatic hydroxyl groups excluding tert-OH is 1. The van der Waals surface area contributed by atoms with Gasteiger partial charge in [-0.3, -0.25) is 4.79 Å². The minimum absolute atomic E-state index is 0.0992. The van der Waals surface area contributed by atoms with Gasteiger partial charge >= 0.3 is 0 Å². The van der Waals surface area contributed by atoms with Crippen molar-refractivity contribution in [1.29, 1.82) is 0 Å². The van der Waals surface area contributed by atoms with Crippen LogP contribution >= 0.6 is 0 Å². The largest absolute Gasteiger partial charge is 0.386 e. The third kappa shape index (κ3) is 3.80. The number of carbonyl (C=O) groups is 1. The van der Waals surface area contributed by atoms with E-state index >= 15 is 0 Å². The molecule has 0 heterocycles. The van der Waals surface area contributed by atoms with Crippen LogP contribution in [0.4, 0.5) is 0 Å². The molecule has 1 aromatic carbocycles. The lowest BCUT2D eigenvalue weighted by atomic mass is 9.88. The Morgan fingerprint density at radius 3 is 2.47 bits per heavy atom. The lowest BCUT2D eigenvalue weighted by Gasteiger charge is -2.25. The SMILES string of the molecule is CC(NC(=O)C1CCCCC1)C(O)c1ccccc1. The normalized spacial score (nSPS) is 19.7. The van der Waals surface area contributed by atoms with Gasteiger partial charge in [-0.2, -0.15) is 0 Å². The van der Waals surface area contributed by atoms with E-state index in [0.717, 1.165) is 31.2 Å². The van der Waals surface area contributed by atoms with Crippen molar-refractivity contribution in [2.45, 2.75) is 51.2 Å². The van der Waals surface area contributed by atoms with Crippen LogP contribution in [0.3, 0.4) is 0 Å². The molecule has 0 aliphatic heterocycles. The van der Waals surface area contributed by atoms with E-state index in [-0.39, 0.29) is 17.9 Å². The van der Waals surface area contributed by atoms with Gasteiger partial charge < -0.3 is 10.4 Å². The Balaban J connectivity index is 1.89. The molecule has 3 heteroatoms. The minimum atomic E-state index is -0.645. The molecule has 1 saturated carbocycles. The van der Waals surface area contributed by atoms with Crippen molar-refractivity contribution in [3.63, 3.8) is 0 Å². The van der Waals surface area contributed by atoms with Crippen LogP contribution in [0.2, 0.25) is 0 Å². The highest BCUT2D eigenvalue weighted by molar-refractivity contribution is 5.79. The second-order valence-electron chi connectivity index (χ2n) is 5.49. The van der Waals surface area contributed by atoms with E-state index < -0.39 is 6.10 Å². The number of hydrogen-bond acceptors (Lipinski definition) is 2. The van der Waals surface area contributed by atoms with Crippen LogP contribution in [0.25, 0.3) is 0 Å². The molecular weight excluding hydrogens is 238 g/mol. The number of benzene rings is 1. The van der Waals surface area contributed by atoms with Crippen molar-refractivity contribution in [3.05, 3.63) is 35.9 Å². The van der Waals surface area contributed by atoms with Gasteiger partial charge in [0.2, 0.25) is 5.91 Å². The van der Waals surface area contributed by atoms with Crippen LogP contribution in [-0.2, 0) is 4.79 Å². The molecule has 0 bridgehead atoms. The molecule has 104 valence electrons. The first-order valence-electron chi connectivity index (χ1n) is 7.22. The fourth-order valence-corrected chi connectivity index (χ4v) is 2.72. The van der Waals surface area contributed by atoms with Crippen LogP contribution in [-0.4, -0.2) is 17.1 Å². The predicted octanol–water partition coefficient (Wildman–Crippen LogP) is 2.81. The van der Waals surface area contributed by atoms with E-state index in [2.05, 4.69) is 5.32 Å². The lowest BCUT2D eigenvalue weighted by Crippen LogP contribution is -2.41. The number of amides is 1. The standard InChI is InChI=1S/C16H23NO2/c1-12(15(18)13-8-4-2-5-9-13)17-16(19)14-10-6-3-7-11-14/h2,4-5,8-9,12,14-15,18H,3,6-7,10-11H2,1H3,(H,17,19). The van der Waals surface area contributed by atoms with Gasteiger partial charge in [-0.05, 0) is 25.3 Å². The van der Waals surface area contributed by atoms with Crippen LogP contribution in [0, 0.1) is 5.92 Å². The fourth-order valence-electron chi connectivity index (χ4n) is 2.72. The average molecular weight is 261 g/mol. The van der Waals surface area contributed by atoms with Crippen molar-refractivity contribution in [2.24, 2.45) is 5.92 Å². The average Bonchev–Trinajstić information content (AvgIpc) is 2.48. The molecule has 0 saturated heterocycles. The van der Waals surface area contributed by atoms with E-state index in [4.69, 9.17) is 0 Å². The zero-order valence-corrected chi connectivity index (χ0v) is 11.5. The molecule has 0 spiro atoms. The first-order valence-corrected chi connectivity index (χ1v) is 7.22. The smallest absolute Gasteiger partial charge is 0.223 e. The number of nitrogens with one attached hydrogen (secondary N) is 1. The van der Waals surface area contributed by atoms with Crippen LogP contribution in [0.15, 0.2) is 30.3 Å². The van der Waals surface area contributed by atoms with E-state index in [1.165, 1.54) is 6.42 Å². The van der Waals surface area contributed by atoms with Gasteiger partial charge in [-0.1, -0.05) is 49.6 Å². The molecule has 1 fully saturated rings. The Morgan fingerprint density at radius 1 is 1.21 bits per heavy atom. The first kappa shape index (κ1) is 14.1. The maximum absolute atomic E-state index is 12.1. The molecular formula is C16H23NO2. The Kier molecular flexibility index (Phi) is 4.97. The zero-order valence-electron chi connectivity index (χ0n) is 11.5. The Hall–Kier alpha value is -1.35. The molecule has 2 N–H and O–H groups in total.